The van der Waals surface area contributed by atoms with Gasteiger partial charge in [-0.3, -0.25) is 0 Å². The van der Waals surface area contributed by atoms with E-state index in [0.717, 1.165) is 35.5 Å². The first-order valence-electron chi connectivity index (χ1n) is 7.09. The van der Waals surface area contributed by atoms with Gasteiger partial charge in [0.2, 0.25) is 0 Å². The second-order valence-electron chi connectivity index (χ2n) is 6.71. The molecular formula is C15H28. The van der Waals surface area contributed by atoms with E-state index in [1.54, 1.807) is 0 Å². The van der Waals surface area contributed by atoms with E-state index in [9.17, 15) is 0 Å². The molecule has 2 aliphatic carbocycles. The third-order valence-electron chi connectivity index (χ3n) is 5.31. The van der Waals surface area contributed by atoms with Gasteiger partial charge in [-0.25, -0.2) is 0 Å². The van der Waals surface area contributed by atoms with Crippen molar-refractivity contribution in [1.82, 2.24) is 0 Å². The van der Waals surface area contributed by atoms with Crippen molar-refractivity contribution in [1.29, 1.82) is 0 Å². The molecule has 2 saturated carbocycles. The van der Waals surface area contributed by atoms with Crippen LogP contribution in [0, 0.1) is 35.5 Å². The summed E-state index contributed by atoms with van der Waals surface area (Å²) in [5, 5.41) is 0. The molecule has 0 aromatic rings. The van der Waals surface area contributed by atoms with Gasteiger partial charge in [0.1, 0.15) is 0 Å². The molecule has 2 aliphatic rings. The number of rotatable bonds is 1. The summed E-state index contributed by atoms with van der Waals surface area (Å²) in [5.74, 6) is 6.10. The van der Waals surface area contributed by atoms with Crippen LogP contribution in [0.25, 0.3) is 0 Å². The molecule has 0 N–H and O–H groups in total. The summed E-state index contributed by atoms with van der Waals surface area (Å²) in [6.07, 6.45) is 7.55. The Balaban J connectivity index is 2.10. The van der Waals surface area contributed by atoms with Gasteiger partial charge in [0, 0.05) is 0 Å². The SMILES string of the molecule is CC(C)[C@@H]1CC[C@@H](C)[C@H]2CC[C@@H](C)C[C@@H]21. The molecule has 0 unspecified atom stereocenters. The van der Waals surface area contributed by atoms with Gasteiger partial charge < -0.3 is 0 Å². The van der Waals surface area contributed by atoms with Gasteiger partial charge in [0.25, 0.3) is 0 Å². The largest absolute Gasteiger partial charge is 0.0625 e. The zero-order valence-corrected chi connectivity index (χ0v) is 11.0. The van der Waals surface area contributed by atoms with E-state index in [0.29, 0.717) is 0 Å². The van der Waals surface area contributed by atoms with E-state index in [1.165, 1.54) is 32.1 Å². The maximum atomic E-state index is 2.50. The summed E-state index contributed by atoms with van der Waals surface area (Å²) >= 11 is 0. The molecule has 0 aliphatic heterocycles. The summed E-state index contributed by atoms with van der Waals surface area (Å²) in [6.45, 7) is 9.85. The van der Waals surface area contributed by atoms with Gasteiger partial charge in [-0.2, -0.15) is 0 Å². The maximum Gasteiger partial charge on any atom is -0.0350 e. The second kappa shape index (κ2) is 4.47. The molecule has 0 aromatic carbocycles. The molecule has 0 amide bonds. The average Bonchev–Trinajstić information content (AvgIpc) is 2.17. The van der Waals surface area contributed by atoms with E-state index in [2.05, 4.69) is 27.7 Å². The predicted octanol–water partition coefficient (Wildman–Crippen LogP) is 4.74. The topological polar surface area (TPSA) is 0 Å². The van der Waals surface area contributed by atoms with Crippen LogP contribution in [0.3, 0.4) is 0 Å². The minimum Gasteiger partial charge on any atom is -0.0625 e. The lowest BCUT2D eigenvalue weighted by Gasteiger charge is -2.48. The van der Waals surface area contributed by atoms with Crippen molar-refractivity contribution >= 4 is 0 Å². The Kier molecular flexibility index (Phi) is 3.42. The van der Waals surface area contributed by atoms with Crippen molar-refractivity contribution in [3.05, 3.63) is 0 Å². The van der Waals surface area contributed by atoms with Crippen LogP contribution in [-0.2, 0) is 0 Å². The smallest absolute Gasteiger partial charge is 0.0350 e. The monoisotopic (exact) mass is 208 g/mol. The molecule has 0 spiro atoms. The van der Waals surface area contributed by atoms with E-state index in [4.69, 9.17) is 0 Å². The zero-order chi connectivity index (χ0) is 11.0. The van der Waals surface area contributed by atoms with Crippen molar-refractivity contribution in [3.63, 3.8) is 0 Å². The normalized spacial score (nSPS) is 46.6. The zero-order valence-electron chi connectivity index (χ0n) is 11.0. The summed E-state index contributed by atoms with van der Waals surface area (Å²) in [6, 6.07) is 0. The Morgan fingerprint density at radius 2 is 1.60 bits per heavy atom. The molecule has 2 rings (SSSR count). The van der Waals surface area contributed by atoms with Crippen molar-refractivity contribution in [2.24, 2.45) is 35.5 Å². The van der Waals surface area contributed by atoms with E-state index >= 15 is 0 Å². The van der Waals surface area contributed by atoms with Gasteiger partial charge >= 0.3 is 0 Å². The van der Waals surface area contributed by atoms with Gasteiger partial charge in [-0.15, -0.1) is 0 Å². The van der Waals surface area contributed by atoms with Gasteiger partial charge in [0.05, 0.1) is 0 Å². The van der Waals surface area contributed by atoms with Crippen LogP contribution in [0.4, 0.5) is 0 Å². The van der Waals surface area contributed by atoms with Crippen molar-refractivity contribution in [2.75, 3.05) is 0 Å². The Labute approximate surface area is 95.8 Å². The van der Waals surface area contributed by atoms with Crippen LogP contribution in [0.1, 0.15) is 59.8 Å². The van der Waals surface area contributed by atoms with Crippen LogP contribution < -0.4 is 0 Å². The van der Waals surface area contributed by atoms with Crippen LogP contribution in [-0.4, -0.2) is 0 Å². The molecule has 15 heavy (non-hydrogen) atoms. The van der Waals surface area contributed by atoms with Crippen molar-refractivity contribution in [3.8, 4) is 0 Å². The molecule has 0 radical (unpaired) electrons. The van der Waals surface area contributed by atoms with E-state index < -0.39 is 0 Å². The molecule has 0 heteroatoms. The number of fused-ring (bicyclic) bond motifs is 1. The average molecular weight is 208 g/mol. The molecule has 88 valence electrons. The fourth-order valence-corrected chi connectivity index (χ4v) is 4.36. The predicted molar refractivity (Wildman–Crippen MR) is 66.7 cm³/mol. The van der Waals surface area contributed by atoms with Crippen LogP contribution in [0.2, 0.25) is 0 Å². The molecule has 0 aromatic heterocycles. The highest BCUT2D eigenvalue weighted by Crippen LogP contribution is 2.50. The maximum absolute atomic E-state index is 2.50. The fourth-order valence-electron chi connectivity index (χ4n) is 4.36. The molecular weight excluding hydrogens is 180 g/mol. The summed E-state index contributed by atoms with van der Waals surface area (Å²) < 4.78 is 0. The van der Waals surface area contributed by atoms with E-state index in [-0.39, 0.29) is 0 Å². The third kappa shape index (κ3) is 2.24. The number of hydrogen-bond donors (Lipinski definition) is 0. The lowest BCUT2D eigenvalue weighted by molar-refractivity contribution is 0.0182. The first-order valence-corrected chi connectivity index (χ1v) is 7.09. The van der Waals surface area contributed by atoms with Crippen molar-refractivity contribution in [2.45, 2.75) is 59.8 Å². The Bertz CT molecular complexity index is 202. The highest BCUT2D eigenvalue weighted by Gasteiger charge is 2.41. The van der Waals surface area contributed by atoms with Crippen LogP contribution >= 0.6 is 0 Å². The molecule has 0 saturated heterocycles. The Morgan fingerprint density at radius 1 is 0.867 bits per heavy atom. The van der Waals surface area contributed by atoms with E-state index in [1.807, 2.05) is 0 Å². The van der Waals surface area contributed by atoms with Gasteiger partial charge in [-0.1, -0.05) is 40.5 Å². The Hall–Kier alpha value is 0. The third-order valence-corrected chi connectivity index (χ3v) is 5.31. The second-order valence-corrected chi connectivity index (χ2v) is 6.71. The van der Waals surface area contributed by atoms with Crippen LogP contribution in [0.5, 0.6) is 0 Å². The molecule has 5 atom stereocenters. The van der Waals surface area contributed by atoms with Crippen molar-refractivity contribution < 1.29 is 0 Å². The minimum absolute atomic E-state index is 0.912. The fraction of sp³-hybridized carbons (Fsp3) is 1.00. The van der Waals surface area contributed by atoms with Crippen LogP contribution in [0.15, 0.2) is 0 Å². The summed E-state index contributed by atoms with van der Waals surface area (Å²) in [4.78, 5) is 0. The first kappa shape index (κ1) is 11.5. The highest BCUT2D eigenvalue weighted by atomic mass is 14.5. The number of hydrogen-bond acceptors (Lipinski definition) is 0. The quantitative estimate of drug-likeness (QED) is 0.584. The Morgan fingerprint density at radius 3 is 2.27 bits per heavy atom. The van der Waals surface area contributed by atoms with Gasteiger partial charge in [0.15, 0.2) is 0 Å². The standard InChI is InChI=1S/C15H28/c1-10(2)13-8-6-12(4)14-7-5-11(3)9-15(13)14/h10-15H,5-9H2,1-4H3/t11-,12-,13+,14-,15-/m1/s1. The minimum atomic E-state index is 0.912. The lowest BCUT2D eigenvalue weighted by atomic mass is 9.57. The molecule has 2 fully saturated rings. The summed E-state index contributed by atoms with van der Waals surface area (Å²) in [5.41, 5.74) is 0. The lowest BCUT2D eigenvalue weighted by Crippen LogP contribution is -2.39. The molecule has 0 heterocycles. The summed E-state index contributed by atoms with van der Waals surface area (Å²) in [7, 11) is 0. The highest BCUT2D eigenvalue weighted by molar-refractivity contribution is 4.90. The molecule has 0 bridgehead atoms. The molecule has 0 nitrogen and oxygen atoms in total. The van der Waals surface area contributed by atoms with Gasteiger partial charge in [-0.05, 0) is 54.8 Å². The first-order chi connectivity index (χ1) is 7.09.